The number of aromatic nitrogens is 1. The van der Waals surface area contributed by atoms with E-state index in [1.54, 1.807) is 43.8 Å². The van der Waals surface area contributed by atoms with Gasteiger partial charge < -0.3 is 20.1 Å². The van der Waals surface area contributed by atoms with E-state index in [1.165, 1.54) is 0 Å². The van der Waals surface area contributed by atoms with Crippen molar-refractivity contribution in [3.05, 3.63) is 83.7 Å². The third-order valence-electron chi connectivity index (χ3n) is 5.29. The highest BCUT2D eigenvalue weighted by atomic mass is 16.5. The molecule has 0 radical (unpaired) electrons. The molecule has 0 bridgehead atoms. The highest BCUT2D eigenvalue weighted by molar-refractivity contribution is 6.01. The number of pyridine rings is 1. The van der Waals surface area contributed by atoms with Crippen molar-refractivity contribution >= 4 is 17.5 Å². The Hall–Kier alpha value is -3.87. The van der Waals surface area contributed by atoms with Gasteiger partial charge in [0, 0.05) is 29.7 Å². The third-order valence-corrected chi connectivity index (χ3v) is 5.29. The van der Waals surface area contributed by atoms with Gasteiger partial charge in [-0.1, -0.05) is 32.0 Å². The minimum Gasteiger partial charge on any atom is -0.493 e. The van der Waals surface area contributed by atoms with Gasteiger partial charge in [0.1, 0.15) is 12.6 Å². The number of ether oxygens (including phenoxy) is 2. The number of benzene rings is 2. The highest BCUT2D eigenvalue weighted by Gasteiger charge is 2.23. The molecule has 34 heavy (non-hydrogen) atoms. The summed E-state index contributed by atoms with van der Waals surface area (Å²) in [7, 11) is 1.56. The first-order chi connectivity index (χ1) is 16.4. The number of nitrogens with one attached hydrogen (secondary N) is 2. The van der Waals surface area contributed by atoms with Crippen LogP contribution >= 0.6 is 0 Å². The number of hydrogen-bond donors (Lipinski definition) is 2. The number of nitrogens with zero attached hydrogens (tertiary/aromatic N) is 1. The van der Waals surface area contributed by atoms with Crippen molar-refractivity contribution in [3.8, 4) is 11.5 Å². The Labute approximate surface area is 200 Å². The van der Waals surface area contributed by atoms with Gasteiger partial charge in [0.15, 0.2) is 11.5 Å². The number of carbonyl (C=O) groups is 2. The summed E-state index contributed by atoms with van der Waals surface area (Å²) >= 11 is 0. The molecule has 2 N–H and O–H groups in total. The summed E-state index contributed by atoms with van der Waals surface area (Å²) in [6.45, 7) is 6.23. The molecule has 178 valence electrons. The second kappa shape index (κ2) is 11.8. The van der Waals surface area contributed by atoms with Crippen LogP contribution in [0.1, 0.15) is 41.8 Å². The lowest BCUT2D eigenvalue weighted by Gasteiger charge is -2.21. The summed E-state index contributed by atoms with van der Waals surface area (Å²) in [6, 6.07) is 15.6. The van der Waals surface area contributed by atoms with Crippen LogP contribution in [0.5, 0.6) is 11.5 Å². The number of amides is 2. The first kappa shape index (κ1) is 24.8. The molecule has 2 aromatic carbocycles. The van der Waals surface area contributed by atoms with Crippen molar-refractivity contribution in [2.45, 2.75) is 39.8 Å². The van der Waals surface area contributed by atoms with Crippen LogP contribution in [-0.2, 0) is 11.4 Å². The molecule has 7 nitrogen and oxygen atoms in total. The number of anilines is 1. The van der Waals surface area contributed by atoms with Gasteiger partial charge in [-0.15, -0.1) is 0 Å². The molecule has 0 aliphatic rings. The maximum absolute atomic E-state index is 13.1. The predicted octanol–water partition coefficient (Wildman–Crippen LogP) is 4.76. The van der Waals surface area contributed by atoms with E-state index < -0.39 is 6.04 Å². The Morgan fingerprint density at radius 2 is 1.74 bits per heavy atom. The monoisotopic (exact) mass is 461 g/mol. The van der Waals surface area contributed by atoms with Gasteiger partial charge in [0.2, 0.25) is 5.91 Å². The van der Waals surface area contributed by atoms with E-state index in [1.807, 2.05) is 51.1 Å². The fraction of sp³-hybridized carbons (Fsp3) is 0.296. The lowest BCUT2D eigenvalue weighted by molar-refractivity contribution is -0.118. The van der Waals surface area contributed by atoms with Crippen molar-refractivity contribution in [3.63, 3.8) is 0 Å². The second-order valence-corrected chi connectivity index (χ2v) is 8.47. The number of carbonyl (C=O) groups excluding carboxylic acids is 2. The maximum atomic E-state index is 13.1. The molecule has 0 saturated carbocycles. The van der Waals surface area contributed by atoms with E-state index in [-0.39, 0.29) is 17.7 Å². The fourth-order valence-electron chi connectivity index (χ4n) is 3.50. The number of methoxy groups -OCH3 is 1. The zero-order valence-electron chi connectivity index (χ0n) is 20.0. The minimum absolute atomic E-state index is 0.211. The van der Waals surface area contributed by atoms with Crippen molar-refractivity contribution in [2.75, 3.05) is 12.4 Å². The summed E-state index contributed by atoms with van der Waals surface area (Å²) < 4.78 is 11.3. The van der Waals surface area contributed by atoms with Gasteiger partial charge in [0.05, 0.1) is 7.11 Å². The Morgan fingerprint density at radius 1 is 1.00 bits per heavy atom. The Bertz CT molecular complexity index is 1120. The number of hydrogen-bond acceptors (Lipinski definition) is 5. The quantitative estimate of drug-likeness (QED) is 0.454. The molecule has 1 unspecified atom stereocenters. The average Bonchev–Trinajstić information content (AvgIpc) is 2.83. The molecule has 0 aliphatic carbocycles. The third kappa shape index (κ3) is 6.81. The fourth-order valence-corrected chi connectivity index (χ4v) is 3.50. The van der Waals surface area contributed by atoms with Gasteiger partial charge in [0.25, 0.3) is 5.91 Å². The summed E-state index contributed by atoms with van der Waals surface area (Å²) in [6.07, 6.45) is 3.91. The van der Waals surface area contributed by atoms with Crippen molar-refractivity contribution in [1.82, 2.24) is 10.3 Å². The van der Waals surface area contributed by atoms with Crippen LogP contribution in [0.15, 0.2) is 67.0 Å². The molecule has 1 heterocycles. The molecule has 0 fully saturated rings. The normalized spacial score (nSPS) is 11.6. The Balaban J connectivity index is 1.73. The zero-order chi connectivity index (χ0) is 24.5. The molecule has 3 rings (SSSR count). The second-order valence-electron chi connectivity index (χ2n) is 8.47. The highest BCUT2D eigenvalue weighted by Crippen LogP contribution is 2.31. The molecular weight excluding hydrogens is 430 g/mol. The van der Waals surface area contributed by atoms with Crippen molar-refractivity contribution < 1.29 is 19.1 Å². The van der Waals surface area contributed by atoms with E-state index in [4.69, 9.17) is 9.47 Å². The van der Waals surface area contributed by atoms with Crippen molar-refractivity contribution in [1.29, 1.82) is 0 Å². The smallest absolute Gasteiger partial charge is 0.252 e. The van der Waals surface area contributed by atoms with Crippen molar-refractivity contribution in [2.24, 2.45) is 5.92 Å². The molecule has 0 saturated heterocycles. The molecule has 0 aliphatic heterocycles. The van der Waals surface area contributed by atoms with Crippen LogP contribution in [0.3, 0.4) is 0 Å². The number of rotatable bonds is 10. The van der Waals surface area contributed by atoms with Crippen LogP contribution < -0.4 is 20.1 Å². The Kier molecular flexibility index (Phi) is 8.62. The van der Waals surface area contributed by atoms with E-state index in [0.29, 0.717) is 35.8 Å². The van der Waals surface area contributed by atoms with Crippen LogP contribution in [-0.4, -0.2) is 29.9 Å². The summed E-state index contributed by atoms with van der Waals surface area (Å²) in [5, 5.41) is 5.81. The summed E-state index contributed by atoms with van der Waals surface area (Å²) in [4.78, 5) is 30.0. The zero-order valence-corrected chi connectivity index (χ0v) is 20.0. The van der Waals surface area contributed by atoms with Gasteiger partial charge in [-0.2, -0.15) is 0 Å². The predicted molar refractivity (Wildman–Crippen MR) is 132 cm³/mol. The topological polar surface area (TPSA) is 89.6 Å². The number of aryl methyl sites for hydroxylation is 1. The van der Waals surface area contributed by atoms with Crippen LogP contribution in [0, 0.1) is 12.8 Å². The SMILES string of the molecule is COc1ccc(NC(=O)C(CC(C)C)NC(=O)c2ccccc2C)cc1OCc1ccncc1. The van der Waals surface area contributed by atoms with E-state index >= 15 is 0 Å². The first-order valence-corrected chi connectivity index (χ1v) is 11.2. The molecule has 7 heteroatoms. The molecule has 3 aromatic rings. The lowest BCUT2D eigenvalue weighted by atomic mass is 10.0. The van der Waals surface area contributed by atoms with Gasteiger partial charge >= 0.3 is 0 Å². The Morgan fingerprint density at radius 3 is 2.41 bits per heavy atom. The standard InChI is InChI=1S/C27H31N3O4/c1-18(2)15-23(30-26(31)22-8-6-5-7-19(22)3)27(32)29-21-9-10-24(33-4)25(16-21)34-17-20-11-13-28-14-12-20/h5-14,16,18,23H,15,17H2,1-4H3,(H,29,32)(H,30,31). The molecular formula is C27H31N3O4. The average molecular weight is 462 g/mol. The minimum atomic E-state index is -0.685. The summed E-state index contributed by atoms with van der Waals surface area (Å²) in [5.41, 5.74) is 2.92. The molecule has 0 spiro atoms. The van der Waals surface area contributed by atoms with E-state index in [9.17, 15) is 9.59 Å². The van der Waals surface area contributed by atoms with Gasteiger partial charge in [-0.05, 0) is 60.7 Å². The molecule has 2 amide bonds. The van der Waals surface area contributed by atoms with E-state index in [2.05, 4.69) is 15.6 Å². The van der Waals surface area contributed by atoms with E-state index in [0.717, 1.165) is 11.1 Å². The molecule has 1 aromatic heterocycles. The lowest BCUT2D eigenvalue weighted by Crippen LogP contribution is -2.44. The van der Waals surface area contributed by atoms with Gasteiger partial charge in [-0.3, -0.25) is 14.6 Å². The molecule has 1 atom stereocenters. The first-order valence-electron chi connectivity index (χ1n) is 11.2. The van der Waals surface area contributed by atoms with Crippen LogP contribution in [0.2, 0.25) is 0 Å². The van der Waals surface area contributed by atoms with Crippen LogP contribution in [0.25, 0.3) is 0 Å². The van der Waals surface area contributed by atoms with Crippen LogP contribution in [0.4, 0.5) is 5.69 Å². The summed E-state index contributed by atoms with van der Waals surface area (Å²) in [5.74, 6) is 0.707. The van der Waals surface area contributed by atoms with Gasteiger partial charge in [-0.25, -0.2) is 0 Å². The largest absolute Gasteiger partial charge is 0.493 e. The maximum Gasteiger partial charge on any atom is 0.252 e.